The Balaban J connectivity index is 2.33. The number of alkyl halides is 1. The summed E-state index contributed by atoms with van der Waals surface area (Å²) >= 11 is 5.56. The summed E-state index contributed by atoms with van der Waals surface area (Å²) < 4.78 is 1.60. The van der Waals surface area contributed by atoms with Gasteiger partial charge in [-0.3, -0.25) is 9.48 Å². The molecule has 0 aliphatic carbocycles. The highest BCUT2D eigenvalue weighted by Gasteiger charge is 2.10. The Morgan fingerprint density at radius 1 is 1.50 bits per heavy atom. The molecule has 1 rings (SSSR count). The topological polar surface area (TPSA) is 46.9 Å². The molecule has 1 aromatic heterocycles. The minimum atomic E-state index is -0.0611. The lowest BCUT2D eigenvalue weighted by Gasteiger charge is -2.04. The van der Waals surface area contributed by atoms with E-state index in [0.29, 0.717) is 18.1 Å². The number of amides is 1. The zero-order valence-electron chi connectivity index (χ0n) is 9.79. The number of carbonyl (C=O) groups excluding carboxylic acids is 1. The number of hydrogen-bond donors (Lipinski definition) is 1. The maximum atomic E-state index is 11.7. The molecule has 0 bridgehead atoms. The molecule has 90 valence electrons. The average molecular weight is 244 g/mol. The van der Waals surface area contributed by atoms with Crippen molar-refractivity contribution < 1.29 is 4.79 Å². The number of nitrogens with one attached hydrogen (secondary N) is 1. The number of aryl methyl sites for hydroxylation is 2. The number of hydrogen-bond acceptors (Lipinski definition) is 2. The summed E-state index contributed by atoms with van der Waals surface area (Å²) in [4.78, 5) is 11.7. The SMILES string of the molecule is Cc1cc(C(=O)NCCCCCCl)n(C)n1. The molecule has 1 heterocycles. The van der Waals surface area contributed by atoms with Gasteiger partial charge in [0.05, 0.1) is 5.69 Å². The number of unbranched alkanes of at least 4 members (excludes halogenated alkanes) is 2. The first kappa shape index (κ1) is 13.0. The normalized spacial score (nSPS) is 10.4. The molecule has 0 saturated heterocycles. The van der Waals surface area contributed by atoms with Crippen molar-refractivity contribution in [3.8, 4) is 0 Å². The molecular weight excluding hydrogens is 226 g/mol. The van der Waals surface area contributed by atoms with Crippen molar-refractivity contribution in [2.45, 2.75) is 26.2 Å². The van der Waals surface area contributed by atoms with Crippen molar-refractivity contribution in [2.24, 2.45) is 7.05 Å². The smallest absolute Gasteiger partial charge is 0.269 e. The number of carbonyl (C=O) groups is 1. The van der Waals surface area contributed by atoms with Gasteiger partial charge in [-0.1, -0.05) is 6.42 Å². The summed E-state index contributed by atoms with van der Waals surface area (Å²) in [6, 6.07) is 1.79. The molecule has 0 radical (unpaired) electrons. The van der Waals surface area contributed by atoms with Gasteiger partial charge in [-0.15, -0.1) is 11.6 Å². The third-order valence-electron chi connectivity index (χ3n) is 2.33. The van der Waals surface area contributed by atoms with E-state index in [1.807, 2.05) is 6.92 Å². The fourth-order valence-corrected chi connectivity index (χ4v) is 1.70. The van der Waals surface area contributed by atoms with Gasteiger partial charge >= 0.3 is 0 Å². The average Bonchev–Trinajstić information content (AvgIpc) is 2.57. The van der Waals surface area contributed by atoms with Crippen LogP contribution in [0, 0.1) is 6.92 Å². The van der Waals surface area contributed by atoms with Crippen LogP contribution >= 0.6 is 11.6 Å². The maximum Gasteiger partial charge on any atom is 0.269 e. The Labute approximate surface area is 101 Å². The molecule has 1 aromatic rings. The highest BCUT2D eigenvalue weighted by Crippen LogP contribution is 2.02. The zero-order chi connectivity index (χ0) is 12.0. The van der Waals surface area contributed by atoms with Crippen molar-refractivity contribution in [2.75, 3.05) is 12.4 Å². The second-order valence-corrected chi connectivity index (χ2v) is 4.18. The molecule has 0 spiro atoms. The zero-order valence-corrected chi connectivity index (χ0v) is 10.5. The Morgan fingerprint density at radius 2 is 2.25 bits per heavy atom. The molecule has 1 amide bonds. The van der Waals surface area contributed by atoms with Gasteiger partial charge in [-0.25, -0.2) is 0 Å². The molecule has 5 heteroatoms. The minimum absolute atomic E-state index is 0.0611. The highest BCUT2D eigenvalue weighted by molar-refractivity contribution is 6.17. The number of halogens is 1. The van der Waals surface area contributed by atoms with E-state index in [-0.39, 0.29) is 5.91 Å². The van der Waals surface area contributed by atoms with Crippen LogP contribution in [0.4, 0.5) is 0 Å². The van der Waals surface area contributed by atoms with Gasteiger partial charge in [0, 0.05) is 19.5 Å². The van der Waals surface area contributed by atoms with E-state index in [9.17, 15) is 4.79 Å². The fourth-order valence-electron chi connectivity index (χ4n) is 1.51. The van der Waals surface area contributed by atoms with E-state index in [2.05, 4.69) is 10.4 Å². The molecule has 0 atom stereocenters. The second kappa shape index (κ2) is 6.53. The van der Waals surface area contributed by atoms with Gasteiger partial charge < -0.3 is 5.32 Å². The van der Waals surface area contributed by atoms with Crippen LogP contribution in [-0.2, 0) is 7.05 Å². The Morgan fingerprint density at radius 3 is 2.81 bits per heavy atom. The number of aromatic nitrogens is 2. The Bertz CT molecular complexity index is 349. The molecule has 16 heavy (non-hydrogen) atoms. The van der Waals surface area contributed by atoms with Crippen LogP contribution in [-0.4, -0.2) is 28.1 Å². The predicted molar refractivity (Wildman–Crippen MR) is 64.8 cm³/mol. The summed E-state index contributed by atoms with van der Waals surface area (Å²) in [7, 11) is 1.77. The van der Waals surface area contributed by atoms with Crippen LogP contribution in [0.5, 0.6) is 0 Å². The van der Waals surface area contributed by atoms with E-state index in [1.165, 1.54) is 0 Å². The Hall–Kier alpha value is -1.03. The molecule has 0 unspecified atom stereocenters. The van der Waals surface area contributed by atoms with E-state index < -0.39 is 0 Å². The van der Waals surface area contributed by atoms with Gasteiger partial charge in [0.25, 0.3) is 5.91 Å². The van der Waals surface area contributed by atoms with E-state index in [4.69, 9.17) is 11.6 Å². The van der Waals surface area contributed by atoms with Crippen molar-refractivity contribution in [1.29, 1.82) is 0 Å². The molecule has 0 aliphatic rings. The van der Waals surface area contributed by atoms with Crippen LogP contribution in [0.25, 0.3) is 0 Å². The molecule has 0 aliphatic heterocycles. The summed E-state index contributed by atoms with van der Waals surface area (Å²) in [5, 5.41) is 7.00. The number of rotatable bonds is 6. The lowest BCUT2D eigenvalue weighted by atomic mass is 10.2. The largest absolute Gasteiger partial charge is 0.351 e. The first-order valence-corrected chi connectivity index (χ1v) is 6.03. The van der Waals surface area contributed by atoms with Crippen molar-refractivity contribution in [1.82, 2.24) is 15.1 Å². The number of nitrogens with zero attached hydrogens (tertiary/aromatic N) is 2. The minimum Gasteiger partial charge on any atom is -0.351 e. The van der Waals surface area contributed by atoms with Crippen molar-refractivity contribution in [3.05, 3.63) is 17.5 Å². The van der Waals surface area contributed by atoms with Crippen molar-refractivity contribution >= 4 is 17.5 Å². The lowest BCUT2D eigenvalue weighted by Crippen LogP contribution is -2.26. The molecule has 0 aromatic carbocycles. The van der Waals surface area contributed by atoms with E-state index in [1.54, 1.807) is 17.8 Å². The Kier molecular flexibility index (Phi) is 5.32. The lowest BCUT2D eigenvalue weighted by molar-refractivity contribution is 0.0943. The van der Waals surface area contributed by atoms with Crippen LogP contribution in [0.3, 0.4) is 0 Å². The van der Waals surface area contributed by atoms with Crippen LogP contribution < -0.4 is 5.32 Å². The van der Waals surface area contributed by atoms with Crippen molar-refractivity contribution in [3.63, 3.8) is 0 Å². The summed E-state index contributed by atoms with van der Waals surface area (Å²) in [5.74, 6) is 0.628. The molecule has 0 saturated carbocycles. The van der Waals surface area contributed by atoms with Gasteiger partial charge in [0.2, 0.25) is 0 Å². The summed E-state index contributed by atoms with van der Waals surface area (Å²) in [5.41, 5.74) is 1.46. The standard InChI is InChI=1S/C11H18ClN3O/c1-9-8-10(15(2)14-9)11(16)13-7-5-3-4-6-12/h8H,3-7H2,1-2H3,(H,13,16). The molecule has 4 nitrogen and oxygen atoms in total. The third-order valence-corrected chi connectivity index (χ3v) is 2.60. The van der Waals surface area contributed by atoms with E-state index in [0.717, 1.165) is 25.0 Å². The molecule has 1 N–H and O–H groups in total. The summed E-state index contributed by atoms with van der Waals surface area (Å²) in [6.07, 6.45) is 3.02. The monoisotopic (exact) mass is 243 g/mol. The van der Waals surface area contributed by atoms with Crippen LogP contribution in [0.2, 0.25) is 0 Å². The van der Waals surface area contributed by atoms with Gasteiger partial charge in [0.1, 0.15) is 5.69 Å². The third kappa shape index (κ3) is 3.85. The van der Waals surface area contributed by atoms with Gasteiger partial charge in [0.15, 0.2) is 0 Å². The fraction of sp³-hybridized carbons (Fsp3) is 0.636. The van der Waals surface area contributed by atoms with Gasteiger partial charge in [-0.05, 0) is 25.8 Å². The highest BCUT2D eigenvalue weighted by atomic mass is 35.5. The van der Waals surface area contributed by atoms with Crippen LogP contribution in [0.15, 0.2) is 6.07 Å². The van der Waals surface area contributed by atoms with E-state index >= 15 is 0 Å². The first-order valence-electron chi connectivity index (χ1n) is 5.50. The maximum absolute atomic E-state index is 11.7. The predicted octanol–water partition coefficient (Wildman–Crippen LogP) is 1.87. The quantitative estimate of drug-likeness (QED) is 0.613. The second-order valence-electron chi connectivity index (χ2n) is 3.80. The molecule has 0 fully saturated rings. The van der Waals surface area contributed by atoms with Crippen LogP contribution in [0.1, 0.15) is 35.4 Å². The molecular formula is C11H18ClN3O. The first-order chi connectivity index (χ1) is 7.65. The van der Waals surface area contributed by atoms with Gasteiger partial charge in [-0.2, -0.15) is 5.10 Å². The summed E-state index contributed by atoms with van der Waals surface area (Å²) in [6.45, 7) is 2.57.